The van der Waals surface area contributed by atoms with Gasteiger partial charge in [-0.3, -0.25) is 9.69 Å². The van der Waals surface area contributed by atoms with Crippen LogP contribution in [-0.4, -0.2) is 80.9 Å². The summed E-state index contributed by atoms with van der Waals surface area (Å²) in [5.74, 6) is -1.33. The van der Waals surface area contributed by atoms with Crippen LogP contribution in [-0.2, 0) is 14.8 Å². The van der Waals surface area contributed by atoms with Crippen LogP contribution in [0.2, 0.25) is 0 Å². The predicted octanol–water partition coefficient (Wildman–Crippen LogP) is -1.37. The second-order valence-electron chi connectivity index (χ2n) is 4.56. The fourth-order valence-corrected chi connectivity index (χ4v) is 2.57. The smallest absolute Gasteiger partial charge is 0.323 e. The largest absolute Gasteiger partial charge is 0.480 e. The van der Waals surface area contributed by atoms with Crippen molar-refractivity contribution in [1.29, 1.82) is 0 Å². The van der Waals surface area contributed by atoms with Gasteiger partial charge in [-0.15, -0.1) is 0 Å². The van der Waals surface area contributed by atoms with E-state index in [1.165, 1.54) is 6.92 Å². The summed E-state index contributed by atoms with van der Waals surface area (Å²) in [6.07, 6.45) is 0. The molecule has 18 heavy (non-hydrogen) atoms. The number of nitrogens with zero attached hydrogens (tertiary/aromatic N) is 2. The van der Waals surface area contributed by atoms with Crippen LogP contribution in [0.4, 0.5) is 0 Å². The van der Waals surface area contributed by atoms with Gasteiger partial charge in [0.1, 0.15) is 0 Å². The molecule has 106 valence electrons. The number of piperazine rings is 1. The topological polar surface area (TPSA) is 89.9 Å². The van der Waals surface area contributed by atoms with E-state index in [9.17, 15) is 13.2 Å². The Kier molecular flexibility index (Phi) is 5.51. The van der Waals surface area contributed by atoms with Crippen molar-refractivity contribution >= 4 is 16.0 Å². The van der Waals surface area contributed by atoms with Crippen molar-refractivity contribution in [2.75, 3.05) is 46.3 Å². The van der Waals surface area contributed by atoms with Gasteiger partial charge in [0.25, 0.3) is 0 Å². The highest BCUT2D eigenvalue weighted by Crippen LogP contribution is 2.00. The fourth-order valence-electron chi connectivity index (χ4n) is 1.68. The molecular weight excluding hydrogens is 258 g/mol. The van der Waals surface area contributed by atoms with Gasteiger partial charge in [0, 0.05) is 39.3 Å². The van der Waals surface area contributed by atoms with Gasteiger partial charge in [-0.2, -0.15) is 0 Å². The Morgan fingerprint density at radius 3 is 2.39 bits per heavy atom. The zero-order valence-corrected chi connectivity index (χ0v) is 11.6. The standard InChI is InChI=1S/C10H21N3O4S/c1-9(10(14)15)18(16,17)11-3-4-13-7-5-12(2)6-8-13/h9,11H,3-8H2,1-2H3,(H,14,15). The van der Waals surface area contributed by atoms with Crippen molar-refractivity contribution in [1.82, 2.24) is 14.5 Å². The minimum atomic E-state index is -3.76. The quantitative estimate of drug-likeness (QED) is 0.623. The molecule has 7 nitrogen and oxygen atoms in total. The summed E-state index contributed by atoms with van der Waals surface area (Å²) in [6, 6.07) is 0. The van der Waals surface area contributed by atoms with Crippen LogP contribution in [0, 0.1) is 0 Å². The molecule has 1 rings (SSSR count). The van der Waals surface area contributed by atoms with Crippen LogP contribution in [0.25, 0.3) is 0 Å². The van der Waals surface area contributed by atoms with Crippen molar-refractivity contribution in [3.8, 4) is 0 Å². The number of carboxylic acid groups (broad SMARTS) is 1. The summed E-state index contributed by atoms with van der Waals surface area (Å²) in [4.78, 5) is 15.0. The van der Waals surface area contributed by atoms with Gasteiger partial charge < -0.3 is 10.0 Å². The van der Waals surface area contributed by atoms with E-state index in [0.29, 0.717) is 6.54 Å². The Labute approximate surface area is 108 Å². The van der Waals surface area contributed by atoms with E-state index in [1.807, 2.05) is 0 Å². The molecule has 1 aliphatic heterocycles. The maximum Gasteiger partial charge on any atom is 0.323 e. The Balaban J connectivity index is 2.31. The molecule has 0 amide bonds. The lowest BCUT2D eigenvalue weighted by Crippen LogP contribution is -2.47. The SMILES string of the molecule is CC(C(=O)O)S(=O)(=O)NCCN1CCN(C)CC1. The molecule has 1 unspecified atom stereocenters. The summed E-state index contributed by atoms with van der Waals surface area (Å²) < 4.78 is 25.4. The maximum absolute atomic E-state index is 11.5. The van der Waals surface area contributed by atoms with Crippen LogP contribution in [0.5, 0.6) is 0 Å². The number of nitrogens with one attached hydrogen (secondary N) is 1. The summed E-state index contributed by atoms with van der Waals surface area (Å²) in [5, 5.41) is 7.25. The minimum Gasteiger partial charge on any atom is -0.480 e. The highest BCUT2D eigenvalue weighted by atomic mass is 32.2. The Hall–Kier alpha value is -0.700. The third-order valence-corrected chi connectivity index (χ3v) is 4.88. The van der Waals surface area contributed by atoms with Crippen molar-refractivity contribution in [3.63, 3.8) is 0 Å². The highest BCUT2D eigenvalue weighted by molar-refractivity contribution is 7.90. The first kappa shape index (κ1) is 15.4. The fraction of sp³-hybridized carbons (Fsp3) is 0.900. The van der Waals surface area contributed by atoms with E-state index >= 15 is 0 Å². The molecule has 8 heteroatoms. The monoisotopic (exact) mass is 279 g/mol. The molecule has 1 heterocycles. The molecule has 0 radical (unpaired) electrons. The lowest BCUT2D eigenvalue weighted by molar-refractivity contribution is -0.136. The normalized spacial score (nSPS) is 20.8. The molecule has 0 bridgehead atoms. The lowest BCUT2D eigenvalue weighted by atomic mass is 10.3. The number of carbonyl (C=O) groups is 1. The summed E-state index contributed by atoms with van der Waals surface area (Å²) in [7, 11) is -1.71. The second-order valence-corrected chi connectivity index (χ2v) is 6.65. The van der Waals surface area contributed by atoms with Crippen molar-refractivity contribution in [3.05, 3.63) is 0 Å². The number of aliphatic carboxylic acids is 1. The number of likely N-dealkylation sites (N-methyl/N-ethyl adjacent to an activating group) is 1. The zero-order chi connectivity index (χ0) is 13.8. The molecule has 0 aromatic heterocycles. The van der Waals surface area contributed by atoms with Crippen LogP contribution in [0.3, 0.4) is 0 Å². The van der Waals surface area contributed by atoms with Gasteiger partial charge in [0.05, 0.1) is 0 Å². The number of sulfonamides is 1. The summed E-state index contributed by atoms with van der Waals surface area (Å²) in [5.41, 5.74) is 0. The molecule has 2 N–H and O–H groups in total. The molecule has 1 aliphatic rings. The van der Waals surface area contributed by atoms with Crippen molar-refractivity contribution < 1.29 is 18.3 Å². The maximum atomic E-state index is 11.5. The molecule has 1 saturated heterocycles. The molecule has 0 aromatic rings. The van der Waals surface area contributed by atoms with Gasteiger partial charge in [0.2, 0.25) is 10.0 Å². The van der Waals surface area contributed by atoms with E-state index in [-0.39, 0.29) is 6.54 Å². The van der Waals surface area contributed by atoms with Crippen LogP contribution < -0.4 is 4.72 Å². The summed E-state index contributed by atoms with van der Waals surface area (Å²) in [6.45, 7) is 5.79. The van der Waals surface area contributed by atoms with Gasteiger partial charge in [-0.1, -0.05) is 0 Å². The Morgan fingerprint density at radius 2 is 1.89 bits per heavy atom. The summed E-state index contributed by atoms with van der Waals surface area (Å²) >= 11 is 0. The first-order valence-corrected chi connectivity index (χ1v) is 7.50. The van der Waals surface area contributed by atoms with E-state index in [1.54, 1.807) is 0 Å². The van der Waals surface area contributed by atoms with E-state index < -0.39 is 21.2 Å². The molecule has 1 atom stereocenters. The minimum absolute atomic E-state index is 0.254. The van der Waals surface area contributed by atoms with Gasteiger partial charge in [0.15, 0.2) is 5.25 Å². The second kappa shape index (κ2) is 6.46. The van der Waals surface area contributed by atoms with E-state index in [0.717, 1.165) is 26.2 Å². The lowest BCUT2D eigenvalue weighted by Gasteiger charge is -2.32. The molecule has 1 fully saturated rings. The Bertz CT molecular complexity index is 377. The average Bonchev–Trinajstić information content (AvgIpc) is 2.30. The van der Waals surface area contributed by atoms with Crippen molar-refractivity contribution in [2.24, 2.45) is 0 Å². The molecule has 0 saturated carbocycles. The molecule has 0 aliphatic carbocycles. The third kappa shape index (κ3) is 4.52. The number of carboxylic acids is 1. The van der Waals surface area contributed by atoms with Crippen molar-refractivity contribution in [2.45, 2.75) is 12.2 Å². The highest BCUT2D eigenvalue weighted by Gasteiger charge is 2.27. The van der Waals surface area contributed by atoms with Gasteiger partial charge in [-0.05, 0) is 14.0 Å². The van der Waals surface area contributed by atoms with Crippen LogP contribution >= 0.6 is 0 Å². The Morgan fingerprint density at radius 1 is 1.33 bits per heavy atom. The van der Waals surface area contributed by atoms with E-state index in [2.05, 4.69) is 21.6 Å². The molecule has 0 spiro atoms. The van der Waals surface area contributed by atoms with Gasteiger partial charge in [-0.25, -0.2) is 13.1 Å². The number of rotatable bonds is 6. The first-order valence-electron chi connectivity index (χ1n) is 5.95. The predicted molar refractivity (Wildman–Crippen MR) is 68.0 cm³/mol. The zero-order valence-electron chi connectivity index (χ0n) is 10.8. The van der Waals surface area contributed by atoms with Gasteiger partial charge >= 0.3 is 5.97 Å². The average molecular weight is 279 g/mol. The van der Waals surface area contributed by atoms with Crippen LogP contribution in [0.15, 0.2) is 0 Å². The molecule has 0 aromatic carbocycles. The van der Waals surface area contributed by atoms with E-state index in [4.69, 9.17) is 5.11 Å². The number of hydrogen-bond donors (Lipinski definition) is 2. The van der Waals surface area contributed by atoms with Crippen LogP contribution in [0.1, 0.15) is 6.92 Å². The first-order chi connectivity index (χ1) is 8.33. The third-order valence-electron chi connectivity index (χ3n) is 3.14. The number of hydrogen-bond acceptors (Lipinski definition) is 5. The molecular formula is C10H21N3O4S.